The van der Waals surface area contributed by atoms with Gasteiger partial charge in [0.2, 0.25) is 0 Å². The van der Waals surface area contributed by atoms with Gasteiger partial charge in [0.25, 0.3) is 0 Å². The highest BCUT2D eigenvalue weighted by Gasteiger charge is 2.26. The molecule has 3 rings (SSSR count). The van der Waals surface area contributed by atoms with Crippen LogP contribution in [0.3, 0.4) is 0 Å². The van der Waals surface area contributed by atoms with E-state index in [1.165, 1.54) is 37.3 Å². The van der Waals surface area contributed by atoms with Crippen molar-refractivity contribution in [1.82, 2.24) is 14.5 Å². The number of rotatable bonds is 2. The predicted octanol–water partition coefficient (Wildman–Crippen LogP) is 1.59. The first-order valence-electron chi connectivity index (χ1n) is 7.15. The van der Waals surface area contributed by atoms with Gasteiger partial charge < -0.3 is 9.67 Å². The molecule has 0 aromatic carbocycles. The molecule has 0 spiro atoms. The first-order valence-corrected chi connectivity index (χ1v) is 7.15. The molecule has 100 valence electrons. The van der Waals surface area contributed by atoms with Gasteiger partial charge in [-0.05, 0) is 32.9 Å². The Balaban J connectivity index is 1.80. The van der Waals surface area contributed by atoms with Gasteiger partial charge in [-0.15, -0.1) is 0 Å². The van der Waals surface area contributed by atoms with Crippen molar-refractivity contribution in [3.8, 4) is 0 Å². The van der Waals surface area contributed by atoms with Gasteiger partial charge in [0.1, 0.15) is 5.82 Å². The van der Waals surface area contributed by atoms with Gasteiger partial charge in [0.15, 0.2) is 0 Å². The molecule has 0 saturated carbocycles. The number of aryl methyl sites for hydroxylation is 1. The Morgan fingerprint density at radius 1 is 1.39 bits per heavy atom. The van der Waals surface area contributed by atoms with Gasteiger partial charge in [-0.2, -0.15) is 0 Å². The normalized spacial score (nSPS) is 29.2. The fourth-order valence-electron chi connectivity index (χ4n) is 3.29. The zero-order chi connectivity index (χ0) is 12.5. The zero-order valence-corrected chi connectivity index (χ0v) is 11.2. The first-order chi connectivity index (χ1) is 8.78. The molecule has 0 radical (unpaired) electrons. The van der Waals surface area contributed by atoms with Gasteiger partial charge in [-0.1, -0.05) is 6.42 Å². The summed E-state index contributed by atoms with van der Waals surface area (Å²) in [6.45, 7) is 2.43. The van der Waals surface area contributed by atoms with Crippen LogP contribution < -0.4 is 0 Å². The number of aliphatic hydroxyl groups excluding tert-OH is 1. The van der Waals surface area contributed by atoms with Crippen LogP contribution in [0.25, 0.3) is 0 Å². The molecule has 4 heteroatoms. The standard InChI is InChI=1S/C14H23N3O/c1-16-7-3-2-4-13(16)12-9-17-8-11(10-18)5-6-14(17)15-12/h9,11,13,18H,2-8,10H2,1H3. The second-order valence-electron chi connectivity index (χ2n) is 5.81. The van der Waals surface area contributed by atoms with E-state index in [-0.39, 0.29) is 0 Å². The summed E-state index contributed by atoms with van der Waals surface area (Å²) in [5, 5.41) is 9.27. The third-order valence-corrected chi connectivity index (χ3v) is 4.48. The van der Waals surface area contributed by atoms with Crippen molar-refractivity contribution in [3.05, 3.63) is 17.7 Å². The lowest BCUT2D eigenvalue weighted by Gasteiger charge is -2.31. The average molecular weight is 249 g/mol. The molecule has 18 heavy (non-hydrogen) atoms. The van der Waals surface area contributed by atoms with Crippen LogP contribution in [0.1, 0.15) is 43.2 Å². The van der Waals surface area contributed by atoms with E-state index in [2.05, 4.69) is 22.7 Å². The summed E-state index contributed by atoms with van der Waals surface area (Å²) in [5.74, 6) is 1.64. The van der Waals surface area contributed by atoms with Gasteiger partial charge in [0, 0.05) is 31.7 Å². The maximum Gasteiger partial charge on any atom is 0.109 e. The monoisotopic (exact) mass is 249 g/mol. The molecule has 0 bridgehead atoms. The molecule has 3 heterocycles. The minimum absolute atomic E-state index is 0.302. The maximum atomic E-state index is 9.27. The molecule has 2 aliphatic rings. The van der Waals surface area contributed by atoms with Crippen LogP contribution in [0, 0.1) is 5.92 Å². The highest BCUT2D eigenvalue weighted by atomic mass is 16.3. The lowest BCUT2D eigenvalue weighted by atomic mass is 10.0. The Bertz CT molecular complexity index is 415. The van der Waals surface area contributed by atoms with Gasteiger partial charge >= 0.3 is 0 Å². The molecular formula is C14H23N3O. The summed E-state index contributed by atoms with van der Waals surface area (Å²) in [7, 11) is 2.21. The highest BCUT2D eigenvalue weighted by molar-refractivity contribution is 5.12. The van der Waals surface area contributed by atoms with E-state index in [0.29, 0.717) is 18.6 Å². The number of nitrogens with zero attached hydrogens (tertiary/aromatic N) is 3. The first kappa shape index (κ1) is 12.2. The van der Waals surface area contributed by atoms with Crippen molar-refractivity contribution in [1.29, 1.82) is 0 Å². The molecule has 4 nitrogen and oxygen atoms in total. The van der Waals surface area contributed by atoms with Gasteiger partial charge in [0.05, 0.1) is 11.7 Å². The van der Waals surface area contributed by atoms with E-state index >= 15 is 0 Å². The number of hydrogen-bond donors (Lipinski definition) is 1. The van der Waals surface area contributed by atoms with Crippen molar-refractivity contribution >= 4 is 0 Å². The number of piperidine rings is 1. The molecule has 0 amide bonds. The van der Waals surface area contributed by atoms with E-state index in [4.69, 9.17) is 4.98 Å². The fourth-order valence-corrected chi connectivity index (χ4v) is 3.29. The zero-order valence-electron chi connectivity index (χ0n) is 11.2. The summed E-state index contributed by atoms with van der Waals surface area (Å²) >= 11 is 0. The molecule has 1 N–H and O–H groups in total. The van der Waals surface area contributed by atoms with Crippen LogP contribution in [0.5, 0.6) is 0 Å². The number of imidazole rings is 1. The fraction of sp³-hybridized carbons (Fsp3) is 0.786. The second kappa shape index (κ2) is 5.02. The summed E-state index contributed by atoms with van der Waals surface area (Å²) < 4.78 is 2.27. The molecule has 1 saturated heterocycles. The average Bonchev–Trinajstić information content (AvgIpc) is 2.81. The van der Waals surface area contributed by atoms with Gasteiger partial charge in [-0.25, -0.2) is 4.98 Å². The summed E-state index contributed by atoms with van der Waals surface area (Å²) in [6.07, 6.45) is 8.18. The Morgan fingerprint density at radius 2 is 2.28 bits per heavy atom. The number of hydrogen-bond acceptors (Lipinski definition) is 3. The van der Waals surface area contributed by atoms with Crippen LogP contribution in [-0.4, -0.2) is 39.8 Å². The van der Waals surface area contributed by atoms with Crippen LogP contribution >= 0.6 is 0 Å². The largest absolute Gasteiger partial charge is 0.396 e. The number of likely N-dealkylation sites (tertiary alicyclic amines) is 1. The smallest absolute Gasteiger partial charge is 0.109 e. The van der Waals surface area contributed by atoms with Crippen LogP contribution in [0.2, 0.25) is 0 Å². The van der Waals surface area contributed by atoms with Crippen molar-refractivity contribution < 1.29 is 5.11 Å². The number of aliphatic hydroxyl groups is 1. The van der Waals surface area contributed by atoms with Crippen molar-refractivity contribution in [2.24, 2.45) is 5.92 Å². The van der Waals surface area contributed by atoms with Crippen molar-refractivity contribution in [2.45, 2.75) is 44.7 Å². The molecule has 2 aliphatic heterocycles. The van der Waals surface area contributed by atoms with E-state index < -0.39 is 0 Å². The van der Waals surface area contributed by atoms with Crippen molar-refractivity contribution in [2.75, 3.05) is 20.2 Å². The van der Waals surface area contributed by atoms with E-state index in [1.807, 2.05) is 0 Å². The van der Waals surface area contributed by atoms with E-state index in [9.17, 15) is 5.11 Å². The van der Waals surface area contributed by atoms with Crippen LogP contribution in [0.15, 0.2) is 6.20 Å². The van der Waals surface area contributed by atoms with Gasteiger partial charge in [-0.3, -0.25) is 4.90 Å². The minimum atomic E-state index is 0.302. The number of aromatic nitrogens is 2. The lowest BCUT2D eigenvalue weighted by molar-refractivity contribution is 0.183. The third-order valence-electron chi connectivity index (χ3n) is 4.48. The number of fused-ring (bicyclic) bond motifs is 1. The quantitative estimate of drug-likeness (QED) is 0.865. The Kier molecular flexibility index (Phi) is 3.39. The highest BCUT2D eigenvalue weighted by Crippen LogP contribution is 2.30. The van der Waals surface area contributed by atoms with E-state index in [1.54, 1.807) is 0 Å². The molecule has 2 atom stereocenters. The maximum absolute atomic E-state index is 9.27. The minimum Gasteiger partial charge on any atom is -0.396 e. The third kappa shape index (κ3) is 2.19. The molecule has 1 aromatic rings. The molecule has 0 aliphatic carbocycles. The second-order valence-corrected chi connectivity index (χ2v) is 5.81. The molecular weight excluding hydrogens is 226 g/mol. The van der Waals surface area contributed by atoms with E-state index in [0.717, 1.165) is 19.4 Å². The van der Waals surface area contributed by atoms with Crippen LogP contribution in [-0.2, 0) is 13.0 Å². The lowest BCUT2D eigenvalue weighted by Crippen LogP contribution is -2.29. The predicted molar refractivity (Wildman–Crippen MR) is 70.3 cm³/mol. The summed E-state index contributed by atoms with van der Waals surface area (Å²) in [4.78, 5) is 7.27. The Morgan fingerprint density at radius 3 is 3.06 bits per heavy atom. The molecule has 1 aromatic heterocycles. The topological polar surface area (TPSA) is 41.3 Å². The van der Waals surface area contributed by atoms with Crippen LogP contribution in [0.4, 0.5) is 0 Å². The SMILES string of the molecule is CN1CCCCC1c1cn2c(n1)CCC(CO)C2. The molecule has 2 unspecified atom stereocenters. The summed E-state index contributed by atoms with van der Waals surface area (Å²) in [6, 6.07) is 0.504. The summed E-state index contributed by atoms with van der Waals surface area (Å²) in [5.41, 5.74) is 1.24. The Hall–Kier alpha value is -0.870. The molecule has 1 fully saturated rings. The van der Waals surface area contributed by atoms with Crippen molar-refractivity contribution in [3.63, 3.8) is 0 Å². The Labute approximate surface area is 109 Å².